The maximum atomic E-state index is 5.05. The minimum atomic E-state index is 0.671. The number of thioether (sulfide) groups is 1. The van der Waals surface area contributed by atoms with Crippen LogP contribution in [0, 0.1) is 0 Å². The molecule has 0 aromatic carbocycles. The Labute approximate surface area is 77.5 Å². The van der Waals surface area contributed by atoms with Gasteiger partial charge in [-0.2, -0.15) is 11.8 Å². The van der Waals surface area contributed by atoms with Gasteiger partial charge in [-0.1, -0.05) is 0 Å². The molecule has 0 radical (unpaired) electrons. The van der Waals surface area contributed by atoms with Gasteiger partial charge in [0.1, 0.15) is 0 Å². The molecular weight excluding hydrogens is 176 g/mol. The Balaban J connectivity index is 1.92. The molecule has 0 amide bonds. The van der Waals surface area contributed by atoms with E-state index < -0.39 is 0 Å². The predicted molar refractivity (Wildman–Crippen MR) is 55.1 cm³/mol. The zero-order chi connectivity index (χ0) is 8.10. The third-order valence-electron chi connectivity index (χ3n) is 1.50. The smallest absolute Gasteiger partial charge is 0.166 e. The molecule has 1 aliphatic carbocycles. The van der Waals surface area contributed by atoms with Gasteiger partial charge in [0.25, 0.3) is 0 Å². The average Bonchev–Trinajstić information content (AvgIpc) is 2.72. The highest BCUT2D eigenvalue weighted by Crippen LogP contribution is 2.18. The minimum Gasteiger partial charge on any atom is -0.362 e. The Morgan fingerprint density at radius 3 is 2.91 bits per heavy atom. The molecule has 64 valence electrons. The summed E-state index contributed by atoms with van der Waals surface area (Å²) >= 11 is 6.88. The van der Waals surface area contributed by atoms with Crippen LogP contribution in [0.5, 0.6) is 0 Å². The molecule has 0 atom stereocenters. The van der Waals surface area contributed by atoms with Crippen molar-refractivity contribution in [1.82, 2.24) is 10.6 Å². The standard InChI is InChI=1S/C7H14N2S2/c1-11-5-4-8-7(10)9-6-2-3-6/h6H,2-5H2,1H3,(H2,8,9,10). The van der Waals surface area contributed by atoms with Gasteiger partial charge in [0, 0.05) is 18.3 Å². The number of nitrogens with one attached hydrogen (secondary N) is 2. The molecular formula is C7H14N2S2. The second-order valence-corrected chi connectivity index (χ2v) is 4.06. The molecule has 0 bridgehead atoms. The molecule has 0 unspecified atom stereocenters. The zero-order valence-electron chi connectivity index (χ0n) is 6.72. The molecule has 4 heteroatoms. The molecule has 0 aromatic rings. The highest BCUT2D eigenvalue weighted by Gasteiger charge is 2.21. The third kappa shape index (κ3) is 4.48. The number of rotatable bonds is 4. The van der Waals surface area contributed by atoms with Gasteiger partial charge in [0.15, 0.2) is 5.11 Å². The quantitative estimate of drug-likeness (QED) is 0.510. The van der Waals surface area contributed by atoms with Crippen molar-refractivity contribution >= 4 is 29.1 Å². The summed E-state index contributed by atoms with van der Waals surface area (Å²) in [5, 5.41) is 7.20. The minimum absolute atomic E-state index is 0.671. The lowest BCUT2D eigenvalue weighted by Gasteiger charge is -2.07. The summed E-state index contributed by atoms with van der Waals surface area (Å²) in [7, 11) is 0. The van der Waals surface area contributed by atoms with Gasteiger partial charge in [-0.05, 0) is 31.3 Å². The van der Waals surface area contributed by atoms with E-state index in [0.717, 1.165) is 17.4 Å². The first kappa shape index (κ1) is 9.13. The summed E-state index contributed by atoms with van der Waals surface area (Å²) in [5.74, 6) is 1.12. The van der Waals surface area contributed by atoms with Crippen LogP contribution >= 0.6 is 24.0 Å². The molecule has 1 rings (SSSR count). The Morgan fingerprint density at radius 2 is 2.36 bits per heavy atom. The fraction of sp³-hybridized carbons (Fsp3) is 0.857. The van der Waals surface area contributed by atoms with E-state index in [1.807, 2.05) is 11.8 Å². The third-order valence-corrected chi connectivity index (χ3v) is 2.38. The lowest BCUT2D eigenvalue weighted by atomic mass is 10.7. The molecule has 1 aliphatic rings. The van der Waals surface area contributed by atoms with E-state index in [1.54, 1.807) is 0 Å². The zero-order valence-corrected chi connectivity index (χ0v) is 8.36. The predicted octanol–water partition coefficient (Wildman–Crippen LogP) is 0.976. The summed E-state index contributed by atoms with van der Waals surface area (Å²) in [4.78, 5) is 0. The van der Waals surface area contributed by atoms with Crippen LogP contribution in [0.1, 0.15) is 12.8 Å². The number of thiocarbonyl (C=S) groups is 1. The van der Waals surface area contributed by atoms with Crippen LogP contribution in [0.15, 0.2) is 0 Å². The molecule has 0 heterocycles. The second kappa shape index (κ2) is 4.83. The van der Waals surface area contributed by atoms with Crippen molar-refractivity contribution in [1.29, 1.82) is 0 Å². The lowest BCUT2D eigenvalue weighted by molar-refractivity contribution is 0.853. The Hall–Kier alpha value is 0.0400. The highest BCUT2D eigenvalue weighted by molar-refractivity contribution is 7.98. The van der Waals surface area contributed by atoms with Crippen LogP contribution in [-0.2, 0) is 0 Å². The molecule has 0 aromatic heterocycles. The van der Waals surface area contributed by atoms with Gasteiger partial charge in [0.05, 0.1) is 0 Å². The highest BCUT2D eigenvalue weighted by atomic mass is 32.2. The van der Waals surface area contributed by atoms with Gasteiger partial charge in [-0.15, -0.1) is 0 Å². The van der Waals surface area contributed by atoms with Crippen LogP contribution < -0.4 is 10.6 Å². The van der Waals surface area contributed by atoms with Gasteiger partial charge in [0.2, 0.25) is 0 Å². The Kier molecular flexibility index (Phi) is 4.01. The molecule has 0 saturated heterocycles. The summed E-state index contributed by atoms with van der Waals surface area (Å²) < 4.78 is 0. The molecule has 0 aliphatic heterocycles. The van der Waals surface area contributed by atoms with Crippen molar-refractivity contribution in [3.05, 3.63) is 0 Å². The normalized spacial score (nSPS) is 16.1. The fourth-order valence-corrected chi connectivity index (χ4v) is 1.31. The maximum Gasteiger partial charge on any atom is 0.166 e. The van der Waals surface area contributed by atoms with E-state index >= 15 is 0 Å². The van der Waals surface area contributed by atoms with E-state index in [9.17, 15) is 0 Å². The van der Waals surface area contributed by atoms with Crippen molar-refractivity contribution in [2.75, 3.05) is 18.6 Å². The molecule has 0 spiro atoms. The monoisotopic (exact) mass is 190 g/mol. The first-order valence-corrected chi connectivity index (χ1v) is 5.66. The van der Waals surface area contributed by atoms with Crippen LogP contribution in [0.25, 0.3) is 0 Å². The van der Waals surface area contributed by atoms with Gasteiger partial charge in [-0.25, -0.2) is 0 Å². The van der Waals surface area contributed by atoms with Gasteiger partial charge >= 0.3 is 0 Å². The van der Waals surface area contributed by atoms with E-state index in [1.165, 1.54) is 12.8 Å². The van der Waals surface area contributed by atoms with Crippen LogP contribution in [0.3, 0.4) is 0 Å². The lowest BCUT2D eigenvalue weighted by Crippen LogP contribution is -2.37. The summed E-state index contributed by atoms with van der Waals surface area (Å²) in [6.45, 7) is 0.972. The summed E-state index contributed by atoms with van der Waals surface area (Å²) in [6, 6.07) is 0.671. The average molecular weight is 190 g/mol. The van der Waals surface area contributed by atoms with Crippen molar-refractivity contribution < 1.29 is 0 Å². The number of hydrogen-bond acceptors (Lipinski definition) is 2. The maximum absolute atomic E-state index is 5.05. The summed E-state index contributed by atoms with van der Waals surface area (Å²) in [6.07, 6.45) is 4.66. The summed E-state index contributed by atoms with van der Waals surface area (Å²) in [5.41, 5.74) is 0. The SMILES string of the molecule is CSCCNC(=S)NC1CC1. The van der Waals surface area contributed by atoms with Gasteiger partial charge < -0.3 is 10.6 Å². The van der Waals surface area contributed by atoms with E-state index in [-0.39, 0.29) is 0 Å². The molecule has 2 N–H and O–H groups in total. The molecule has 1 fully saturated rings. The molecule has 1 saturated carbocycles. The van der Waals surface area contributed by atoms with Crippen molar-refractivity contribution in [2.45, 2.75) is 18.9 Å². The topological polar surface area (TPSA) is 24.1 Å². The Bertz CT molecular complexity index is 134. The fourth-order valence-electron chi connectivity index (χ4n) is 0.731. The van der Waals surface area contributed by atoms with E-state index in [0.29, 0.717) is 6.04 Å². The van der Waals surface area contributed by atoms with Crippen molar-refractivity contribution in [3.63, 3.8) is 0 Å². The molecule has 2 nitrogen and oxygen atoms in total. The molecule has 11 heavy (non-hydrogen) atoms. The van der Waals surface area contributed by atoms with Crippen molar-refractivity contribution in [2.24, 2.45) is 0 Å². The van der Waals surface area contributed by atoms with Crippen molar-refractivity contribution in [3.8, 4) is 0 Å². The number of hydrogen-bond donors (Lipinski definition) is 2. The first-order valence-electron chi connectivity index (χ1n) is 3.86. The van der Waals surface area contributed by atoms with E-state index in [2.05, 4.69) is 16.9 Å². The van der Waals surface area contributed by atoms with Crippen LogP contribution in [-0.4, -0.2) is 29.7 Å². The Morgan fingerprint density at radius 1 is 1.64 bits per heavy atom. The van der Waals surface area contributed by atoms with E-state index in [4.69, 9.17) is 12.2 Å². The van der Waals surface area contributed by atoms with Gasteiger partial charge in [-0.3, -0.25) is 0 Å². The van der Waals surface area contributed by atoms with Crippen LogP contribution in [0.4, 0.5) is 0 Å². The second-order valence-electron chi connectivity index (χ2n) is 2.67. The van der Waals surface area contributed by atoms with Crippen LogP contribution in [0.2, 0.25) is 0 Å². The first-order chi connectivity index (χ1) is 5.33. The largest absolute Gasteiger partial charge is 0.362 e.